The van der Waals surface area contributed by atoms with Crippen LogP contribution in [0.15, 0.2) is 24.3 Å². The quantitative estimate of drug-likeness (QED) is 0.252. The van der Waals surface area contributed by atoms with E-state index in [1.165, 1.54) is 22.3 Å². The van der Waals surface area contributed by atoms with Crippen molar-refractivity contribution in [3.05, 3.63) is 57.6 Å². The predicted molar refractivity (Wildman–Crippen MR) is 185 cm³/mol. The summed E-state index contributed by atoms with van der Waals surface area (Å²) < 4.78 is 7.27. The summed E-state index contributed by atoms with van der Waals surface area (Å²) in [4.78, 5) is 0. The number of phenols is 2. The molecule has 6 aliphatic carbocycles. The van der Waals surface area contributed by atoms with Gasteiger partial charge in [-0.25, -0.2) is 0 Å². The number of aryl methyl sites for hydroxylation is 2. The van der Waals surface area contributed by atoms with E-state index < -0.39 is 0 Å². The van der Waals surface area contributed by atoms with Gasteiger partial charge < -0.3 is 25.2 Å². The van der Waals surface area contributed by atoms with Crippen molar-refractivity contribution >= 4 is 0 Å². The van der Waals surface area contributed by atoms with E-state index in [-0.39, 0.29) is 35.2 Å². The Labute approximate surface area is 282 Å². The van der Waals surface area contributed by atoms with Gasteiger partial charge >= 0.3 is 0 Å². The number of aliphatic hydroxyl groups is 2. The molecule has 0 radical (unpaired) electrons. The van der Waals surface area contributed by atoms with Gasteiger partial charge in [0, 0.05) is 0 Å². The van der Waals surface area contributed by atoms with Crippen molar-refractivity contribution in [3.63, 3.8) is 0 Å². The fraction of sp³-hybridized carbons (Fsp3) is 0.714. The van der Waals surface area contributed by atoms with Crippen LogP contribution in [0.5, 0.6) is 11.5 Å². The highest BCUT2D eigenvalue weighted by molar-refractivity contribution is 5.49. The molecule has 2 aromatic carbocycles. The zero-order chi connectivity index (χ0) is 32.8. The lowest BCUT2D eigenvalue weighted by molar-refractivity contribution is -0.0319. The van der Waals surface area contributed by atoms with Crippen LogP contribution in [-0.4, -0.2) is 32.6 Å². The number of phenolic OH excluding ortho intramolecular Hbond substituents is 2. The van der Waals surface area contributed by atoms with Gasteiger partial charge in [-0.3, -0.25) is 0 Å². The smallest absolute Gasteiger partial charge is 0.116 e. The molecule has 4 N–H and O–H groups in total. The Hall–Kier alpha value is -2.08. The molecule has 0 bridgehead atoms. The number of hydrogen-bond acceptors (Lipinski definition) is 5. The molecule has 0 aromatic heterocycles. The third kappa shape index (κ3) is 4.87. The van der Waals surface area contributed by atoms with Gasteiger partial charge in [-0.2, -0.15) is 0 Å². The molecule has 5 heteroatoms. The van der Waals surface area contributed by atoms with E-state index in [4.69, 9.17) is 4.74 Å². The van der Waals surface area contributed by atoms with Gasteiger partial charge in [0.05, 0.1) is 24.4 Å². The molecule has 6 aliphatic rings. The van der Waals surface area contributed by atoms with Gasteiger partial charge in [-0.15, -0.1) is 0 Å². The van der Waals surface area contributed by atoms with Crippen LogP contribution in [0.3, 0.4) is 0 Å². The molecule has 4 fully saturated rings. The maximum Gasteiger partial charge on any atom is 0.116 e. The number of ether oxygens (including phenoxy) is 1. The summed E-state index contributed by atoms with van der Waals surface area (Å²) in [6.07, 6.45) is 13.6. The van der Waals surface area contributed by atoms with Crippen LogP contribution in [0.2, 0.25) is 0 Å². The highest BCUT2D eigenvalue weighted by Gasteiger charge is 2.56. The fourth-order valence-corrected chi connectivity index (χ4v) is 13.0. The maximum absolute atomic E-state index is 11.0. The van der Waals surface area contributed by atoms with Crippen LogP contribution in [-0.2, 0) is 17.6 Å². The minimum atomic E-state index is -0.185. The fourth-order valence-electron chi connectivity index (χ4n) is 13.0. The van der Waals surface area contributed by atoms with Crippen LogP contribution in [0.1, 0.15) is 162 Å². The zero-order valence-electron chi connectivity index (χ0n) is 29.2. The summed E-state index contributed by atoms with van der Waals surface area (Å²) in [5, 5.41) is 44.1. The molecule has 2 unspecified atom stereocenters. The van der Waals surface area contributed by atoms with Crippen molar-refractivity contribution < 1.29 is 25.2 Å². The van der Waals surface area contributed by atoms with Gasteiger partial charge in [-0.1, -0.05) is 27.7 Å². The van der Waals surface area contributed by atoms with E-state index >= 15 is 0 Å². The van der Waals surface area contributed by atoms with Crippen molar-refractivity contribution in [1.82, 2.24) is 0 Å². The van der Waals surface area contributed by atoms with Crippen LogP contribution in [0.4, 0.5) is 0 Å². The summed E-state index contributed by atoms with van der Waals surface area (Å²) in [7, 11) is 0. The van der Waals surface area contributed by atoms with Crippen molar-refractivity contribution in [3.8, 4) is 11.5 Å². The average Bonchev–Trinajstić information content (AvgIpc) is 3.54. The summed E-state index contributed by atoms with van der Waals surface area (Å²) in [6.45, 7) is 9.09. The summed E-state index contributed by atoms with van der Waals surface area (Å²) >= 11 is 0. The van der Waals surface area contributed by atoms with E-state index in [0.717, 1.165) is 101 Å². The van der Waals surface area contributed by atoms with Crippen LogP contribution < -0.4 is 0 Å². The first-order valence-electron chi connectivity index (χ1n) is 19.3. The Morgan fingerprint density at radius 1 is 0.638 bits per heavy atom. The summed E-state index contributed by atoms with van der Waals surface area (Å²) in [5.74, 6) is 3.83. The molecule has 47 heavy (non-hydrogen) atoms. The molecule has 2 aromatic rings. The lowest BCUT2D eigenvalue weighted by Crippen LogP contribution is -2.44. The topological polar surface area (TPSA) is 90.2 Å². The molecule has 256 valence electrons. The second-order valence-electron chi connectivity index (χ2n) is 17.3. The van der Waals surface area contributed by atoms with Gasteiger partial charge in [0.15, 0.2) is 0 Å². The number of fused-ring (bicyclic) bond motifs is 10. The van der Waals surface area contributed by atoms with Crippen LogP contribution >= 0.6 is 0 Å². The Bertz CT molecular complexity index is 1410. The highest BCUT2D eigenvalue weighted by atomic mass is 16.5. The Kier molecular flexibility index (Phi) is 8.05. The number of hydrogen-bond donors (Lipinski definition) is 4. The molecule has 0 amide bonds. The SMILES string of the molecule is CCC(OC(CC)c1cc(O)cc2c1[C@H]1CC[C@]3(C)[C@H](O)CC[C@H]3[C@@H]1CC2)c1cc(O)cc2c1[C@H]1CC[C@]3(C)[C@H](O)CC[C@H]3[C@@H]1CC2. The van der Waals surface area contributed by atoms with Crippen molar-refractivity contribution in [2.75, 3.05) is 0 Å². The second kappa shape index (κ2) is 11.8. The molecule has 0 aliphatic heterocycles. The third-order valence-corrected chi connectivity index (χ3v) is 15.3. The largest absolute Gasteiger partial charge is 0.508 e. The lowest BCUT2D eigenvalue weighted by atomic mass is 9.54. The molecule has 0 heterocycles. The molecule has 5 nitrogen and oxygen atoms in total. The minimum Gasteiger partial charge on any atom is -0.508 e. The van der Waals surface area contributed by atoms with E-state index in [2.05, 4.69) is 27.7 Å². The third-order valence-electron chi connectivity index (χ3n) is 15.3. The van der Waals surface area contributed by atoms with Crippen LogP contribution in [0, 0.1) is 34.5 Å². The lowest BCUT2D eigenvalue weighted by Gasteiger charge is -2.51. The molecule has 4 saturated carbocycles. The molecule has 12 atom stereocenters. The maximum atomic E-state index is 11.0. The van der Waals surface area contributed by atoms with Crippen LogP contribution in [0.25, 0.3) is 0 Å². The first kappa shape index (κ1) is 32.1. The first-order valence-corrected chi connectivity index (χ1v) is 19.3. The Morgan fingerprint density at radius 3 is 1.47 bits per heavy atom. The monoisotopic (exact) mass is 642 g/mol. The van der Waals surface area contributed by atoms with Gasteiger partial charge in [0.2, 0.25) is 0 Å². The number of aliphatic hydroxyl groups excluding tert-OH is 2. The minimum absolute atomic E-state index is 0.0309. The number of rotatable bonds is 6. The zero-order valence-corrected chi connectivity index (χ0v) is 29.2. The average molecular weight is 643 g/mol. The Morgan fingerprint density at radius 2 is 1.06 bits per heavy atom. The Balaban J connectivity index is 1.14. The second-order valence-corrected chi connectivity index (χ2v) is 17.3. The summed E-state index contributed by atoms with van der Waals surface area (Å²) in [6, 6.07) is 8.03. The van der Waals surface area contributed by atoms with E-state index in [1.54, 1.807) is 0 Å². The van der Waals surface area contributed by atoms with E-state index in [1.807, 2.05) is 24.3 Å². The highest BCUT2D eigenvalue weighted by Crippen LogP contribution is 2.63. The van der Waals surface area contributed by atoms with Gasteiger partial charge in [-0.05, 0) is 194 Å². The molecular weight excluding hydrogens is 584 g/mol. The van der Waals surface area contributed by atoms with Crippen molar-refractivity contribution in [1.29, 1.82) is 0 Å². The normalized spacial score (nSPS) is 40.0. The molecule has 0 spiro atoms. The molecule has 8 rings (SSSR count). The molecular formula is C42H58O5. The standard InChI is InChI=1S/C42H58O5/c1-5-35(31-21-25(43)19-23-7-9-27-29(39(23)31)15-17-41(3)33(27)11-13-37(41)45)47-36(6-2)32-22-26(44)20-24-8-10-28-30(40(24)32)16-18-42(4)34(28)12-14-38(42)46/h19-22,27-30,33-38,43-46H,5-18H2,1-4H3/t27-,28-,29+,30+,33+,34+,35?,36?,37-,38-,41+,42+/m1/s1. The number of benzene rings is 2. The van der Waals surface area contributed by atoms with E-state index in [9.17, 15) is 20.4 Å². The molecule has 0 saturated heterocycles. The van der Waals surface area contributed by atoms with Crippen molar-refractivity contribution in [2.24, 2.45) is 34.5 Å². The van der Waals surface area contributed by atoms with E-state index in [0.29, 0.717) is 47.0 Å². The van der Waals surface area contributed by atoms with Crippen molar-refractivity contribution in [2.45, 2.75) is 154 Å². The summed E-state index contributed by atoms with van der Waals surface area (Å²) in [5.41, 5.74) is 7.82. The first-order chi connectivity index (χ1) is 22.6. The van der Waals surface area contributed by atoms with Gasteiger partial charge in [0.25, 0.3) is 0 Å². The predicted octanol–water partition coefficient (Wildman–Crippen LogP) is 9.15. The van der Waals surface area contributed by atoms with Gasteiger partial charge in [0.1, 0.15) is 11.5 Å². The number of aromatic hydroxyl groups is 2.